The molecule has 2 nitrogen and oxygen atoms in total. The molecule has 5 heteroatoms. The third kappa shape index (κ3) is 2.20. The van der Waals surface area contributed by atoms with Gasteiger partial charge in [0.1, 0.15) is 11.4 Å². The van der Waals surface area contributed by atoms with Gasteiger partial charge in [-0.05, 0) is 18.6 Å². The summed E-state index contributed by atoms with van der Waals surface area (Å²) in [5, 5.41) is 0.399. The van der Waals surface area contributed by atoms with E-state index in [0.717, 1.165) is 0 Å². The van der Waals surface area contributed by atoms with Crippen molar-refractivity contribution in [1.29, 1.82) is 0 Å². The molecule has 1 aromatic rings. The minimum Gasteiger partial charge on any atom is -0.495 e. The average molecular weight is 266 g/mol. The molecule has 0 aliphatic carbocycles. The predicted molar refractivity (Wildman–Crippen MR) is 53.1 cm³/mol. The Morgan fingerprint density at radius 1 is 1.57 bits per heavy atom. The quantitative estimate of drug-likeness (QED) is 0.783. The Morgan fingerprint density at radius 3 is 2.64 bits per heavy atom. The largest absolute Gasteiger partial charge is 0.495 e. The molecule has 0 radical (unpaired) electrons. The van der Waals surface area contributed by atoms with E-state index in [-0.39, 0.29) is 5.69 Å². The smallest absolute Gasteiger partial charge is 0.280 e. The maximum absolute atomic E-state index is 12.5. The van der Waals surface area contributed by atoms with Crippen LogP contribution in [0.5, 0.6) is 5.75 Å². The van der Waals surface area contributed by atoms with Crippen molar-refractivity contribution in [2.75, 3.05) is 7.11 Å². The van der Waals surface area contributed by atoms with Crippen molar-refractivity contribution in [3.05, 3.63) is 23.0 Å². The maximum Gasteiger partial charge on any atom is 0.280 e. The fourth-order valence-corrected chi connectivity index (χ4v) is 1.54. The van der Waals surface area contributed by atoms with E-state index in [4.69, 9.17) is 4.74 Å². The molecule has 14 heavy (non-hydrogen) atoms. The number of hydrogen-bond donors (Lipinski definition) is 0. The predicted octanol–water partition coefficient (Wildman–Crippen LogP) is 3.23. The van der Waals surface area contributed by atoms with Gasteiger partial charge in [-0.2, -0.15) is 0 Å². The molecule has 0 bridgehead atoms. The fraction of sp³-hybridized carbons (Fsp3) is 0.444. The molecule has 0 saturated carbocycles. The summed E-state index contributed by atoms with van der Waals surface area (Å²) in [5.74, 6) is 0.531. The summed E-state index contributed by atoms with van der Waals surface area (Å²) >= 11 is 3.17. The van der Waals surface area contributed by atoms with Crippen molar-refractivity contribution in [3.8, 4) is 5.75 Å². The number of halogens is 3. The summed E-state index contributed by atoms with van der Waals surface area (Å²) in [6.45, 7) is 1.59. The monoisotopic (exact) mass is 265 g/mol. The van der Waals surface area contributed by atoms with Gasteiger partial charge < -0.3 is 4.74 Å². The highest BCUT2D eigenvalue weighted by molar-refractivity contribution is 9.08. The van der Waals surface area contributed by atoms with Crippen LogP contribution in [0.4, 0.5) is 8.78 Å². The normalized spacial score (nSPS) is 10.7. The van der Waals surface area contributed by atoms with Crippen molar-refractivity contribution in [1.82, 2.24) is 4.98 Å². The molecule has 0 saturated heterocycles. The van der Waals surface area contributed by atoms with E-state index < -0.39 is 6.43 Å². The fourth-order valence-electron chi connectivity index (χ4n) is 1.14. The van der Waals surface area contributed by atoms with Crippen LogP contribution in [-0.4, -0.2) is 12.1 Å². The molecular formula is C9H10BrF2NO. The lowest BCUT2D eigenvalue weighted by Crippen LogP contribution is -2.01. The number of methoxy groups -OCH3 is 1. The minimum absolute atomic E-state index is 0.180. The summed E-state index contributed by atoms with van der Waals surface area (Å²) in [6, 6.07) is 1.57. The van der Waals surface area contributed by atoms with Crippen molar-refractivity contribution in [3.63, 3.8) is 0 Å². The molecule has 1 heterocycles. The lowest BCUT2D eigenvalue weighted by molar-refractivity contribution is 0.145. The van der Waals surface area contributed by atoms with Gasteiger partial charge in [0.25, 0.3) is 6.43 Å². The second kappa shape index (κ2) is 4.68. The molecule has 0 spiro atoms. The van der Waals surface area contributed by atoms with Gasteiger partial charge >= 0.3 is 0 Å². The van der Waals surface area contributed by atoms with E-state index in [2.05, 4.69) is 20.9 Å². The summed E-state index contributed by atoms with van der Waals surface area (Å²) in [4.78, 5) is 3.84. The zero-order chi connectivity index (χ0) is 10.7. The van der Waals surface area contributed by atoms with Crippen LogP contribution in [0.3, 0.4) is 0 Å². The Bertz CT molecular complexity index is 331. The third-order valence-electron chi connectivity index (χ3n) is 1.84. The summed E-state index contributed by atoms with van der Waals surface area (Å²) in [5.41, 5.74) is 0.759. The van der Waals surface area contributed by atoms with Crippen LogP contribution in [0, 0.1) is 6.92 Å². The molecule has 0 aromatic carbocycles. The molecule has 0 aliphatic heterocycles. The van der Waals surface area contributed by atoms with Crippen molar-refractivity contribution >= 4 is 15.9 Å². The van der Waals surface area contributed by atoms with E-state index in [1.54, 1.807) is 13.0 Å². The third-order valence-corrected chi connectivity index (χ3v) is 2.38. The molecular weight excluding hydrogens is 256 g/mol. The first kappa shape index (κ1) is 11.4. The molecule has 0 unspecified atom stereocenters. The number of aryl methyl sites for hydroxylation is 1. The van der Waals surface area contributed by atoms with Gasteiger partial charge in [0, 0.05) is 5.33 Å². The molecule has 78 valence electrons. The lowest BCUT2D eigenvalue weighted by Gasteiger charge is -2.10. The lowest BCUT2D eigenvalue weighted by atomic mass is 10.2. The highest BCUT2D eigenvalue weighted by Crippen LogP contribution is 2.27. The average Bonchev–Trinajstić information content (AvgIpc) is 2.16. The zero-order valence-electron chi connectivity index (χ0n) is 7.85. The Hall–Kier alpha value is -0.710. The van der Waals surface area contributed by atoms with Gasteiger partial charge in [0.2, 0.25) is 0 Å². The first-order chi connectivity index (χ1) is 6.60. The molecule has 0 amide bonds. The van der Waals surface area contributed by atoms with Gasteiger partial charge in [0.05, 0.1) is 12.8 Å². The zero-order valence-corrected chi connectivity index (χ0v) is 9.44. The van der Waals surface area contributed by atoms with Crippen LogP contribution >= 0.6 is 15.9 Å². The second-order valence-electron chi connectivity index (χ2n) is 2.77. The van der Waals surface area contributed by atoms with Crippen LogP contribution < -0.4 is 4.74 Å². The van der Waals surface area contributed by atoms with Crippen LogP contribution in [0.2, 0.25) is 0 Å². The first-order valence-corrected chi connectivity index (χ1v) is 5.10. The SMILES string of the molecule is COc1cc(C)c(C(F)F)nc1CBr. The minimum atomic E-state index is -2.54. The van der Waals surface area contributed by atoms with E-state index in [1.807, 2.05) is 0 Å². The van der Waals surface area contributed by atoms with E-state index >= 15 is 0 Å². The van der Waals surface area contributed by atoms with E-state index in [9.17, 15) is 8.78 Å². The number of alkyl halides is 3. The van der Waals surface area contributed by atoms with E-state index in [0.29, 0.717) is 22.3 Å². The van der Waals surface area contributed by atoms with Crippen molar-refractivity contribution in [2.24, 2.45) is 0 Å². The molecule has 0 aliphatic rings. The molecule has 1 aromatic heterocycles. The Morgan fingerprint density at radius 2 is 2.21 bits per heavy atom. The number of aromatic nitrogens is 1. The van der Waals surface area contributed by atoms with Gasteiger partial charge in [0.15, 0.2) is 0 Å². The van der Waals surface area contributed by atoms with Gasteiger partial charge in [-0.1, -0.05) is 15.9 Å². The maximum atomic E-state index is 12.5. The van der Waals surface area contributed by atoms with Crippen LogP contribution in [0.15, 0.2) is 6.07 Å². The molecule has 0 fully saturated rings. The van der Waals surface area contributed by atoms with Crippen LogP contribution in [0.25, 0.3) is 0 Å². The number of pyridine rings is 1. The van der Waals surface area contributed by atoms with Gasteiger partial charge in [-0.25, -0.2) is 13.8 Å². The number of nitrogens with zero attached hydrogens (tertiary/aromatic N) is 1. The Kier molecular flexibility index (Phi) is 3.80. The van der Waals surface area contributed by atoms with Crippen LogP contribution in [0.1, 0.15) is 23.4 Å². The topological polar surface area (TPSA) is 22.1 Å². The summed E-state index contributed by atoms with van der Waals surface area (Å²) in [7, 11) is 1.49. The molecule has 1 rings (SSSR count). The van der Waals surface area contributed by atoms with Gasteiger partial charge in [-0.15, -0.1) is 0 Å². The highest BCUT2D eigenvalue weighted by Gasteiger charge is 2.16. The summed E-state index contributed by atoms with van der Waals surface area (Å²) in [6.07, 6.45) is -2.54. The van der Waals surface area contributed by atoms with Crippen molar-refractivity contribution in [2.45, 2.75) is 18.7 Å². The number of rotatable bonds is 3. The van der Waals surface area contributed by atoms with Crippen molar-refractivity contribution < 1.29 is 13.5 Å². The summed E-state index contributed by atoms with van der Waals surface area (Å²) < 4.78 is 29.9. The van der Waals surface area contributed by atoms with Gasteiger partial charge in [-0.3, -0.25) is 0 Å². The number of hydrogen-bond acceptors (Lipinski definition) is 2. The second-order valence-corrected chi connectivity index (χ2v) is 3.33. The van der Waals surface area contributed by atoms with E-state index in [1.165, 1.54) is 7.11 Å². The Balaban J connectivity index is 3.23. The Labute approximate surface area is 89.4 Å². The molecule has 0 N–H and O–H groups in total. The highest BCUT2D eigenvalue weighted by atomic mass is 79.9. The number of ether oxygens (including phenoxy) is 1. The standard InChI is InChI=1S/C9H10BrF2NO/c1-5-3-7(14-2)6(4-10)13-8(5)9(11)12/h3,9H,4H2,1-2H3. The van der Waals surface area contributed by atoms with Crippen LogP contribution in [-0.2, 0) is 5.33 Å². The molecule has 0 atom stereocenters. The first-order valence-electron chi connectivity index (χ1n) is 3.98.